The summed E-state index contributed by atoms with van der Waals surface area (Å²) in [6.45, 7) is 13.2. The van der Waals surface area contributed by atoms with Gasteiger partial charge < -0.3 is 20.9 Å². The van der Waals surface area contributed by atoms with Crippen molar-refractivity contribution in [2.75, 3.05) is 41.7 Å². The number of hydrogen-bond donors (Lipinski definition) is 3. The molecule has 9 nitrogen and oxygen atoms in total. The van der Waals surface area contributed by atoms with Crippen LogP contribution in [0.1, 0.15) is 55.6 Å². The molecule has 5 rings (SSSR count). The summed E-state index contributed by atoms with van der Waals surface area (Å²) in [5.74, 6) is -2.51. The second-order valence-electron chi connectivity index (χ2n) is 10.6. The van der Waals surface area contributed by atoms with Crippen molar-refractivity contribution in [2.45, 2.75) is 47.6 Å². The molecule has 1 aliphatic rings. The van der Waals surface area contributed by atoms with Gasteiger partial charge in [0.1, 0.15) is 23.1 Å². The van der Waals surface area contributed by atoms with Crippen LogP contribution >= 0.6 is 0 Å². The smallest absolute Gasteiger partial charge is 0.328 e. The highest BCUT2D eigenvalue weighted by Crippen LogP contribution is 2.39. The minimum absolute atomic E-state index is 0.0102. The summed E-state index contributed by atoms with van der Waals surface area (Å²) < 4.78 is 43.4. The molecule has 0 atom stereocenters. The number of rotatable bonds is 11. The Hall–Kier alpha value is -4.97. The first kappa shape index (κ1) is 34.9. The first-order valence-corrected chi connectivity index (χ1v) is 15.8. The van der Waals surface area contributed by atoms with Crippen molar-refractivity contribution >= 4 is 35.1 Å². The third-order valence-electron chi connectivity index (χ3n) is 7.66. The maximum absolute atomic E-state index is 15.0. The van der Waals surface area contributed by atoms with Gasteiger partial charge in [-0.15, -0.1) is 0 Å². The highest BCUT2D eigenvalue weighted by Gasteiger charge is 2.34. The largest absolute Gasteiger partial charge is 0.354 e. The molecular weight excluding hydrogens is 607 g/mol. The summed E-state index contributed by atoms with van der Waals surface area (Å²) in [6, 6.07) is 13.1. The van der Waals surface area contributed by atoms with Crippen LogP contribution in [0.5, 0.6) is 0 Å². The van der Waals surface area contributed by atoms with Crippen molar-refractivity contribution in [1.29, 1.82) is 0 Å². The number of aromatic nitrogens is 2. The number of carbonyl (C=O) groups is 2. The SMILES string of the molecule is CC.CCN(CC)CCCNc1nc(-c2cc(C(=O)Nc3ccc(F)cc3)ccc2C)c2c(n1)N(c1c(F)cccc1F)C(=O)NC2. The van der Waals surface area contributed by atoms with E-state index in [1.807, 2.05) is 20.8 Å². The van der Waals surface area contributed by atoms with Crippen molar-refractivity contribution < 1.29 is 22.8 Å². The van der Waals surface area contributed by atoms with Gasteiger partial charge in [-0.25, -0.2) is 27.8 Å². The monoisotopic (exact) mass is 647 g/mol. The van der Waals surface area contributed by atoms with E-state index in [2.05, 4.69) is 39.7 Å². The average Bonchev–Trinajstić information content (AvgIpc) is 3.07. The van der Waals surface area contributed by atoms with Crippen molar-refractivity contribution in [3.8, 4) is 11.3 Å². The highest BCUT2D eigenvalue weighted by atomic mass is 19.1. The predicted molar refractivity (Wildman–Crippen MR) is 180 cm³/mol. The fourth-order valence-electron chi connectivity index (χ4n) is 5.17. The third kappa shape index (κ3) is 8.07. The van der Waals surface area contributed by atoms with Crippen LogP contribution in [0.4, 0.5) is 41.1 Å². The number of carbonyl (C=O) groups excluding carboxylic acids is 2. The number of para-hydroxylation sites is 1. The second kappa shape index (κ2) is 16.0. The van der Waals surface area contributed by atoms with Crippen LogP contribution < -0.4 is 20.9 Å². The Kier molecular flexibility index (Phi) is 11.9. The topological polar surface area (TPSA) is 102 Å². The van der Waals surface area contributed by atoms with E-state index in [0.29, 0.717) is 34.6 Å². The number of fused-ring (bicyclic) bond motifs is 1. The van der Waals surface area contributed by atoms with Gasteiger partial charge in [-0.05, 0) is 87.1 Å². The molecule has 0 saturated heterocycles. The molecule has 2 heterocycles. The Bertz CT molecular complexity index is 1690. The number of nitrogens with zero attached hydrogens (tertiary/aromatic N) is 4. The molecule has 1 aromatic heterocycles. The van der Waals surface area contributed by atoms with Crippen LogP contribution in [0.3, 0.4) is 0 Å². The number of nitrogens with one attached hydrogen (secondary N) is 3. The Morgan fingerprint density at radius 1 is 0.979 bits per heavy atom. The van der Waals surface area contributed by atoms with Crippen LogP contribution in [0.15, 0.2) is 60.7 Å². The van der Waals surface area contributed by atoms with Crippen molar-refractivity contribution in [3.05, 3.63) is 94.8 Å². The van der Waals surface area contributed by atoms with Gasteiger partial charge in [-0.1, -0.05) is 39.8 Å². The summed E-state index contributed by atoms with van der Waals surface area (Å²) in [6.07, 6.45) is 0.779. The van der Waals surface area contributed by atoms with Gasteiger partial charge in [0.2, 0.25) is 5.95 Å². The molecule has 0 spiro atoms. The Labute approximate surface area is 273 Å². The van der Waals surface area contributed by atoms with Gasteiger partial charge in [0.05, 0.1) is 12.2 Å². The Morgan fingerprint density at radius 3 is 2.32 bits per heavy atom. The van der Waals surface area contributed by atoms with Gasteiger partial charge in [0.15, 0.2) is 5.82 Å². The molecule has 3 aromatic carbocycles. The molecule has 3 amide bonds. The lowest BCUT2D eigenvalue weighted by atomic mass is 9.97. The van der Waals surface area contributed by atoms with Gasteiger partial charge in [0, 0.05) is 28.9 Å². The molecule has 4 aromatic rings. The minimum atomic E-state index is -0.928. The summed E-state index contributed by atoms with van der Waals surface area (Å²) in [4.78, 5) is 38.9. The first-order valence-electron chi connectivity index (χ1n) is 15.8. The normalized spacial score (nSPS) is 12.2. The van der Waals surface area contributed by atoms with E-state index in [0.717, 1.165) is 48.7 Å². The quantitative estimate of drug-likeness (QED) is 0.145. The van der Waals surface area contributed by atoms with Crippen LogP contribution in [-0.4, -0.2) is 53.0 Å². The number of halogens is 3. The number of aryl methyl sites for hydroxylation is 1. The maximum atomic E-state index is 15.0. The Morgan fingerprint density at radius 2 is 1.66 bits per heavy atom. The van der Waals surface area contributed by atoms with Gasteiger partial charge in [-0.3, -0.25) is 4.79 Å². The van der Waals surface area contributed by atoms with E-state index in [-0.39, 0.29) is 18.3 Å². The summed E-state index contributed by atoms with van der Waals surface area (Å²) >= 11 is 0. The maximum Gasteiger partial charge on any atom is 0.328 e. The molecular formula is C35H40F3N7O2. The average molecular weight is 648 g/mol. The number of benzene rings is 3. The van der Waals surface area contributed by atoms with E-state index in [9.17, 15) is 14.0 Å². The number of amides is 3. The molecule has 47 heavy (non-hydrogen) atoms. The second-order valence-corrected chi connectivity index (χ2v) is 10.6. The number of hydrogen-bond acceptors (Lipinski definition) is 6. The molecule has 3 N–H and O–H groups in total. The summed E-state index contributed by atoms with van der Waals surface area (Å²) in [5, 5.41) is 8.65. The number of urea groups is 1. The van der Waals surface area contributed by atoms with Crippen molar-refractivity contribution in [2.24, 2.45) is 0 Å². The zero-order valence-corrected chi connectivity index (χ0v) is 27.3. The molecule has 0 saturated carbocycles. The van der Waals surface area contributed by atoms with E-state index in [1.54, 1.807) is 18.2 Å². The van der Waals surface area contributed by atoms with Crippen molar-refractivity contribution in [3.63, 3.8) is 0 Å². The lowest BCUT2D eigenvalue weighted by Gasteiger charge is -2.31. The highest BCUT2D eigenvalue weighted by molar-refractivity contribution is 6.05. The molecule has 0 unspecified atom stereocenters. The molecule has 0 radical (unpaired) electrons. The molecule has 248 valence electrons. The fraction of sp³-hybridized carbons (Fsp3) is 0.314. The minimum Gasteiger partial charge on any atom is -0.354 e. The molecule has 0 bridgehead atoms. The van der Waals surface area contributed by atoms with E-state index < -0.39 is 35.1 Å². The zero-order chi connectivity index (χ0) is 34.1. The molecule has 12 heteroatoms. The van der Waals surface area contributed by atoms with Crippen molar-refractivity contribution in [1.82, 2.24) is 20.2 Å². The fourth-order valence-corrected chi connectivity index (χ4v) is 5.17. The zero-order valence-electron chi connectivity index (χ0n) is 27.3. The van der Waals surface area contributed by atoms with E-state index in [1.165, 1.54) is 30.3 Å². The molecule has 1 aliphatic heterocycles. The molecule has 0 aliphatic carbocycles. The lowest BCUT2D eigenvalue weighted by Crippen LogP contribution is -2.43. The van der Waals surface area contributed by atoms with Gasteiger partial charge in [-0.2, -0.15) is 4.98 Å². The number of anilines is 4. The predicted octanol–water partition coefficient (Wildman–Crippen LogP) is 7.65. The molecule has 0 fully saturated rings. The first-order chi connectivity index (χ1) is 22.7. The van der Waals surface area contributed by atoms with E-state index in [4.69, 9.17) is 4.98 Å². The summed E-state index contributed by atoms with van der Waals surface area (Å²) in [7, 11) is 0. The van der Waals surface area contributed by atoms with Crippen LogP contribution in [-0.2, 0) is 6.54 Å². The standard InChI is InChI=1S/C33H34F3N7O2.C2H6/c1-4-42(5-2)17-7-16-37-32-40-28(24-18-21(11-10-20(24)3)31(44)39-23-14-12-22(34)13-15-23)25-19-38-33(45)43(30(25)41-32)29-26(35)8-6-9-27(29)36;1-2/h6,8-15,18H,4-5,7,16-17,19H2,1-3H3,(H,38,45)(H,39,44)(H,37,40,41);1-2H3. The lowest BCUT2D eigenvalue weighted by molar-refractivity contribution is 0.102. The van der Waals surface area contributed by atoms with Gasteiger partial charge in [0.25, 0.3) is 5.91 Å². The third-order valence-corrected chi connectivity index (χ3v) is 7.66. The van der Waals surface area contributed by atoms with Crippen LogP contribution in [0.25, 0.3) is 11.3 Å². The van der Waals surface area contributed by atoms with Crippen LogP contribution in [0.2, 0.25) is 0 Å². The summed E-state index contributed by atoms with van der Waals surface area (Å²) in [5.41, 5.74) is 2.31. The van der Waals surface area contributed by atoms with Crippen LogP contribution in [0, 0.1) is 24.4 Å². The van der Waals surface area contributed by atoms with Gasteiger partial charge >= 0.3 is 6.03 Å². The van der Waals surface area contributed by atoms with E-state index >= 15 is 8.78 Å². The Balaban J connectivity index is 0.00000245.